The molecule has 0 bridgehead atoms. The molecule has 0 spiro atoms. The van der Waals surface area contributed by atoms with Gasteiger partial charge in [-0.1, -0.05) is 25.4 Å². The van der Waals surface area contributed by atoms with E-state index in [0.29, 0.717) is 32.4 Å². The van der Waals surface area contributed by atoms with E-state index in [1.807, 2.05) is 13.8 Å². The molecule has 26 heavy (non-hydrogen) atoms. The number of hydrogen-bond acceptors (Lipinski definition) is 4. The number of alkyl halides is 3. The summed E-state index contributed by atoms with van der Waals surface area (Å²) in [6.45, 7) is 6.48. The summed E-state index contributed by atoms with van der Waals surface area (Å²) in [5.74, 6) is 0.146. The zero-order chi connectivity index (χ0) is 19.5. The van der Waals surface area contributed by atoms with Gasteiger partial charge in [0.15, 0.2) is 0 Å². The van der Waals surface area contributed by atoms with Crippen molar-refractivity contribution in [3.63, 3.8) is 0 Å². The molecule has 1 saturated heterocycles. The second-order valence-corrected chi connectivity index (χ2v) is 8.60. The molecule has 148 valence electrons. The number of nitrogens with one attached hydrogen (secondary N) is 1. The molecule has 1 fully saturated rings. The third-order valence-corrected chi connectivity index (χ3v) is 6.22. The highest BCUT2D eigenvalue weighted by Gasteiger charge is 2.33. The molecule has 1 aromatic rings. The lowest BCUT2D eigenvalue weighted by molar-refractivity contribution is -0.137. The molecule has 1 heterocycles. The molecule has 0 amide bonds. The molecular weight excluding hydrogens is 393 g/mol. The molecular formula is C16H22ClF3N2O3S. The van der Waals surface area contributed by atoms with Crippen LogP contribution in [0, 0.1) is 5.92 Å². The molecule has 1 aromatic carbocycles. The van der Waals surface area contributed by atoms with Crippen LogP contribution < -0.4 is 4.72 Å². The Kier molecular flexibility index (Phi) is 6.95. The molecule has 1 aliphatic heterocycles. The Hall–Kier alpha value is -0.870. The smallest absolute Gasteiger partial charge is 0.379 e. The quantitative estimate of drug-likeness (QED) is 0.777. The number of sulfonamides is 1. The molecule has 0 aliphatic carbocycles. The predicted molar refractivity (Wildman–Crippen MR) is 92.7 cm³/mol. The van der Waals surface area contributed by atoms with Crippen molar-refractivity contribution >= 4 is 21.6 Å². The van der Waals surface area contributed by atoms with Crippen molar-refractivity contribution in [2.24, 2.45) is 5.92 Å². The van der Waals surface area contributed by atoms with E-state index in [9.17, 15) is 21.6 Å². The maximum atomic E-state index is 12.9. The summed E-state index contributed by atoms with van der Waals surface area (Å²) in [7, 11) is -4.18. The summed E-state index contributed by atoms with van der Waals surface area (Å²) in [5.41, 5.74) is -1.06. The monoisotopic (exact) mass is 414 g/mol. The standard InChI is InChI=1S/C16H22ClF3N2O3S/c1-11(2)14(22-5-7-25-8-6-22)10-21-26(23,24)15-9-12(16(18,19)20)3-4-13(15)17/h3-4,9,11,14,21H,5-8,10H2,1-2H3. The summed E-state index contributed by atoms with van der Waals surface area (Å²) >= 11 is 5.84. The number of morpholine rings is 1. The largest absolute Gasteiger partial charge is 0.416 e. The van der Waals surface area contributed by atoms with Crippen LogP contribution in [0.25, 0.3) is 0 Å². The van der Waals surface area contributed by atoms with Crippen molar-refractivity contribution in [3.8, 4) is 0 Å². The maximum Gasteiger partial charge on any atom is 0.416 e. The van der Waals surface area contributed by atoms with E-state index in [1.165, 1.54) is 0 Å². The number of halogens is 4. The summed E-state index contributed by atoms with van der Waals surface area (Å²) in [6.07, 6.45) is -4.65. The Bertz CT molecular complexity index is 720. The van der Waals surface area contributed by atoms with Gasteiger partial charge in [0.1, 0.15) is 4.90 Å². The summed E-state index contributed by atoms with van der Waals surface area (Å²) < 4.78 is 71.4. The van der Waals surface area contributed by atoms with Crippen molar-refractivity contribution in [1.29, 1.82) is 0 Å². The number of ether oxygens (including phenoxy) is 1. The molecule has 1 atom stereocenters. The first-order valence-corrected chi connectivity index (χ1v) is 10.1. The van der Waals surface area contributed by atoms with Gasteiger partial charge >= 0.3 is 6.18 Å². The fourth-order valence-corrected chi connectivity index (χ4v) is 4.43. The van der Waals surface area contributed by atoms with E-state index in [0.717, 1.165) is 12.1 Å². The summed E-state index contributed by atoms with van der Waals surface area (Å²) in [5, 5.41) is -0.252. The normalized spacial score (nSPS) is 18.3. The average Bonchev–Trinajstić information content (AvgIpc) is 2.54. The second-order valence-electron chi connectivity index (χ2n) is 6.45. The lowest BCUT2D eigenvalue weighted by Gasteiger charge is -2.36. The van der Waals surface area contributed by atoms with Crippen LogP contribution in [0.5, 0.6) is 0 Å². The topological polar surface area (TPSA) is 58.6 Å². The lowest BCUT2D eigenvalue weighted by Crippen LogP contribution is -2.51. The van der Waals surface area contributed by atoms with Gasteiger partial charge in [-0.25, -0.2) is 13.1 Å². The minimum absolute atomic E-state index is 0.0760. The minimum atomic E-state index is -4.65. The number of hydrogen-bond donors (Lipinski definition) is 1. The van der Waals surface area contributed by atoms with E-state index in [1.54, 1.807) is 0 Å². The Balaban J connectivity index is 2.19. The first kappa shape index (κ1) is 21.4. The first-order chi connectivity index (χ1) is 12.0. The fourth-order valence-electron chi connectivity index (χ4n) is 2.85. The minimum Gasteiger partial charge on any atom is -0.379 e. The SMILES string of the molecule is CC(C)C(CNS(=O)(=O)c1cc(C(F)(F)F)ccc1Cl)N1CCOCC1. The van der Waals surface area contributed by atoms with Crippen molar-refractivity contribution in [3.05, 3.63) is 28.8 Å². The highest BCUT2D eigenvalue weighted by atomic mass is 35.5. The Labute approximate surface area is 156 Å². The molecule has 1 unspecified atom stereocenters. The zero-order valence-corrected chi connectivity index (χ0v) is 16.1. The first-order valence-electron chi connectivity index (χ1n) is 8.20. The van der Waals surface area contributed by atoms with Crippen LogP contribution in [0.1, 0.15) is 19.4 Å². The van der Waals surface area contributed by atoms with Crippen LogP contribution in [-0.4, -0.2) is 52.2 Å². The van der Waals surface area contributed by atoms with Gasteiger partial charge in [0.2, 0.25) is 10.0 Å². The fraction of sp³-hybridized carbons (Fsp3) is 0.625. The van der Waals surface area contributed by atoms with Gasteiger partial charge in [-0.05, 0) is 24.1 Å². The van der Waals surface area contributed by atoms with Gasteiger partial charge in [-0.3, -0.25) is 4.90 Å². The molecule has 10 heteroatoms. The molecule has 0 saturated carbocycles. The lowest BCUT2D eigenvalue weighted by atomic mass is 10.0. The highest BCUT2D eigenvalue weighted by Crippen LogP contribution is 2.33. The van der Waals surface area contributed by atoms with E-state index in [4.69, 9.17) is 16.3 Å². The zero-order valence-electron chi connectivity index (χ0n) is 14.5. The third-order valence-electron chi connectivity index (χ3n) is 4.31. The molecule has 5 nitrogen and oxygen atoms in total. The Morgan fingerprint density at radius 3 is 2.42 bits per heavy atom. The molecule has 0 aromatic heterocycles. The van der Waals surface area contributed by atoms with Crippen LogP contribution in [-0.2, 0) is 20.9 Å². The van der Waals surface area contributed by atoms with Gasteiger partial charge in [-0.15, -0.1) is 0 Å². The molecule has 1 aliphatic rings. The number of benzene rings is 1. The van der Waals surface area contributed by atoms with Crippen LogP contribution in [0.15, 0.2) is 23.1 Å². The van der Waals surface area contributed by atoms with E-state index < -0.39 is 26.7 Å². The molecule has 1 N–H and O–H groups in total. The van der Waals surface area contributed by atoms with Crippen molar-refractivity contribution in [2.75, 3.05) is 32.8 Å². The van der Waals surface area contributed by atoms with E-state index >= 15 is 0 Å². The van der Waals surface area contributed by atoms with Crippen LogP contribution in [0.3, 0.4) is 0 Å². The number of rotatable bonds is 6. The van der Waals surface area contributed by atoms with Gasteiger partial charge in [-0.2, -0.15) is 13.2 Å². The van der Waals surface area contributed by atoms with E-state index in [-0.39, 0.29) is 23.5 Å². The van der Waals surface area contributed by atoms with Crippen molar-refractivity contribution in [1.82, 2.24) is 9.62 Å². The third kappa shape index (κ3) is 5.32. The average molecular weight is 415 g/mol. The summed E-state index contributed by atoms with van der Waals surface area (Å²) in [6, 6.07) is 2.16. The molecule has 0 radical (unpaired) electrons. The van der Waals surface area contributed by atoms with Crippen LogP contribution >= 0.6 is 11.6 Å². The van der Waals surface area contributed by atoms with Crippen molar-refractivity contribution < 1.29 is 26.3 Å². The molecule has 2 rings (SSSR count). The van der Waals surface area contributed by atoms with Gasteiger partial charge in [0.25, 0.3) is 0 Å². The second kappa shape index (κ2) is 8.43. The van der Waals surface area contributed by atoms with Gasteiger partial charge in [0.05, 0.1) is 23.8 Å². The van der Waals surface area contributed by atoms with Crippen LogP contribution in [0.4, 0.5) is 13.2 Å². The van der Waals surface area contributed by atoms with Crippen LogP contribution in [0.2, 0.25) is 5.02 Å². The maximum absolute atomic E-state index is 12.9. The Morgan fingerprint density at radius 2 is 1.88 bits per heavy atom. The Morgan fingerprint density at radius 1 is 1.27 bits per heavy atom. The van der Waals surface area contributed by atoms with Crippen molar-refractivity contribution in [2.45, 2.75) is 31.0 Å². The number of nitrogens with zero attached hydrogens (tertiary/aromatic N) is 1. The van der Waals surface area contributed by atoms with Gasteiger partial charge in [0, 0.05) is 25.7 Å². The summed E-state index contributed by atoms with van der Waals surface area (Å²) in [4.78, 5) is 1.54. The highest BCUT2D eigenvalue weighted by molar-refractivity contribution is 7.89. The van der Waals surface area contributed by atoms with Gasteiger partial charge < -0.3 is 4.74 Å². The van der Waals surface area contributed by atoms with E-state index in [2.05, 4.69) is 9.62 Å². The predicted octanol–water partition coefficient (Wildman–Crippen LogP) is 2.99.